The first-order chi connectivity index (χ1) is 6.60. The van der Waals surface area contributed by atoms with Crippen molar-refractivity contribution in [2.75, 3.05) is 7.11 Å². The average molecular weight is 198 g/mol. The van der Waals surface area contributed by atoms with Crippen LogP contribution in [0.3, 0.4) is 0 Å². The predicted octanol–water partition coefficient (Wildman–Crippen LogP) is 2.34. The molecule has 4 heteroatoms. The van der Waals surface area contributed by atoms with E-state index >= 15 is 0 Å². The Hall–Kier alpha value is -1.71. The summed E-state index contributed by atoms with van der Waals surface area (Å²) < 4.78 is 30.4. The molecule has 0 aromatic heterocycles. The van der Waals surface area contributed by atoms with E-state index in [1.165, 1.54) is 7.11 Å². The molecular weight excluding hydrogens is 190 g/mol. The number of ketones is 1. The smallest absolute Gasteiger partial charge is 0.200 e. The lowest BCUT2D eigenvalue weighted by Gasteiger charge is -2.04. The Balaban J connectivity index is 3.29. The maximum Gasteiger partial charge on any atom is 0.200 e. The molecule has 1 aromatic rings. The Morgan fingerprint density at radius 3 is 2.64 bits per heavy atom. The highest BCUT2D eigenvalue weighted by Crippen LogP contribution is 2.22. The van der Waals surface area contributed by atoms with Crippen LogP contribution in [0.2, 0.25) is 0 Å². The van der Waals surface area contributed by atoms with E-state index in [1.54, 1.807) is 0 Å². The van der Waals surface area contributed by atoms with Crippen LogP contribution < -0.4 is 4.74 Å². The molecule has 0 fully saturated rings. The number of methoxy groups -OCH3 is 1. The molecule has 0 atom stereocenters. The molecule has 0 saturated carbocycles. The van der Waals surface area contributed by atoms with Gasteiger partial charge in [-0.3, -0.25) is 4.79 Å². The van der Waals surface area contributed by atoms with Crippen LogP contribution in [0.25, 0.3) is 0 Å². The molecule has 2 nitrogen and oxygen atoms in total. The van der Waals surface area contributed by atoms with Crippen molar-refractivity contribution in [2.24, 2.45) is 0 Å². The van der Waals surface area contributed by atoms with Crippen LogP contribution in [-0.4, -0.2) is 12.9 Å². The number of allylic oxidation sites excluding steroid dienone is 1. The molecule has 0 saturated heterocycles. The summed E-state index contributed by atoms with van der Waals surface area (Å²) in [6.45, 7) is 3.24. The van der Waals surface area contributed by atoms with E-state index in [0.29, 0.717) is 0 Å². The van der Waals surface area contributed by atoms with Crippen LogP contribution in [-0.2, 0) is 0 Å². The van der Waals surface area contributed by atoms with Crippen molar-refractivity contribution >= 4 is 5.78 Å². The second-order valence-corrected chi connectivity index (χ2v) is 2.54. The monoisotopic (exact) mass is 198 g/mol. The van der Waals surface area contributed by atoms with E-state index in [9.17, 15) is 13.6 Å². The van der Waals surface area contributed by atoms with E-state index in [-0.39, 0.29) is 11.3 Å². The Bertz CT molecular complexity index is 386. The van der Waals surface area contributed by atoms with Gasteiger partial charge in [0.15, 0.2) is 17.3 Å². The van der Waals surface area contributed by atoms with Gasteiger partial charge in [-0.15, -0.1) is 0 Å². The van der Waals surface area contributed by atoms with E-state index in [0.717, 1.165) is 18.2 Å². The van der Waals surface area contributed by atoms with Gasteiger partial charge in [0.2, 0.25) is 5.82 Å². The van der Waals surface area contributed by atoms with E-state index < -0.39 is 17.4 Å². The molecule has 1 rings (SSSR count). The van der Waals surface area contributed by atoms with Crippen LogP contribution >= 0.6 is 0 Å². The molecule has 14 heavy (non-hydrogen) atoms. The molecule has 0 aliphatic carbocycles. The van der Waals surface area contributed by atoms with E-state index in [4.69, 9.17) is 0 Å². The second kappa shape index (κ2) is 4.00. The van der Waals surface area contributed by atoms with Crippen molar-refractivity contribution in [3.05, 3.63) is 42.0 Å². The molecule has 0 aliphatic heterocycles. The van der Waals surface area contributed by atoms with Crippen molar-refractivity contribution in [1.82, 2.24) is 0 Å². The Morgan fingerprint density at radius 2 is 2.14 bits per heavy atom. The predicted molar refractivity (Wildman–Crippen MR) is 47.4 cm³/mol. The minimum absolute atomic E-state index is 0.00995. The third kappa shape index (κ3) is 1.79. The normalized spacial score (nSPS) is 9.64. The highest BCUT2D eigenvalue weighted by atomic mass is 19.2. The van der Waals surface area contributed by atoms with Crippen LogP contribution in [0.5, 0.6) is 5.75 Å². The molecule has 0 bridgehead atoms. The van der Waals surface area contributed by atoms with Gasteiger partial charge >= 0.3 is 0 Å². The molecule has 0 unspecified atom stereocenters. The zero-order valence-electron chi connectivity index (χ0n) is 7.51. The summed E-state index contributed by atoms with van der Waals surface area (Å²) in [6, 6.07) is 1.93. The molecule has 74 valence electrons. The van der Waals surface area contributed by atoms with Crippen molar-refractivity contribution < 1.29 is 18.3 Å². The summed E-state index contributed by atoms with van der Waals surface area (Å²) in [7, 11) is 1.19. The van der Waals surface area contributed by atoms with Crippen molar-refractivity contribution in [3.8, 4) is 5.75 Å². The Labute approximate surface area is 79.8 Å². The summed E-state index contributed by atoms with van der Waals surface area (Å²) in [5.74, 6) is -3.00. The maximum atomic E-state index is 12.9. The first-order valence-corrected chi connectivity index (χ1v) is 3.80. The summed E-state index contributed by atoms with van der Waals surface area (Å²) in [5, 5.41) is 0. The average Bonchev–Trinajstić information content (AvgIpc) is 2.20. The minimum Gasteiger partial charge on any atom is -0.494 e. The largest absolute Gasteiger partial charge is 0.494 e. The summed E-state index contributed by atoms with van der Waals surface area (Å²) in [6.07, 6.45) is 1.02. The van der Waals surface area contributed by atoms with Gasteiger partial charge in [0.25, 0.3) is 0 Å². The highest BCUT2D eigenvalue weighted by Gasteiger charge is 2.13. The van der Waals surface area contributed by atoms with Crippen LogP contribution in [0, 0.1) is 11.6 Å². The zero-order chi connectivity index (χ0) is 10.7. The van der Waals surface area contributed by atoms with Crippen molar-refractivity contribution in [1.29, 1.82) is 0 Å². The molecule has 0 heterocycles. The third-order valence-corrected chi connectivity index (χ3v) is 1.68. The molecular formula is C10H8F2O2. The highest BCUT2D eigenvalue weighted by molar-refractivity contribution is 6.04. The zero-order valence-corrected chi connectivity index (χ0v) is 7.51. The summed E-state index contributed by atoms with van der Waals surface area (Å²) in [5.41, 5.74) is 0.00995. The maximum absolute atomic E-state index is 12.9. The first kappa shape index (κ1) is 10.4. The number of ether oxygens (including phenoxy) is 1. The van der Waals surface area contributed by atoms with Gasteiger partial charge in [-0.2, -0.15) is 4.39 Å². The number of halogens is 2. The fraction of sp³-hybridized carbons (Fsp3) is 0.100. The lowest BCUT2D eigenvalue weighted by atomic mass is 10.1. The third-order valence-electron chi connectivity index (χ3n) is 1.68. The van der Waals surface area contributed by atoms with Crippen LogP contribution in [0.1, 0.15) is 10.4 Å². The standard InChI is InChI=1S/C10H8F2O2/c1-3-8(13)6-4-7(11)10(12)9(5-6)14-2/h3-5H,1H2,2H3. The molecule has 0 aliphatic rings. The van der Waals surface area contributed by atoms with Gasteiger partial charge < -0.3 is 4.74 Å². The number of carbonyl (C=O) groups is 1. The lowest BCUT2D eigenvalue weighted by molar-refractivity contribution is 0.104. The number of carbonyl (C=O) groups excluding carboxylic acids is 1. The van der Waals surface area contributed by atoms with Gasteiger partial charge in [-0.25, -0.2) is 4.39 Å². The van der Waals surface area contributed by atoms with Crippen molar-refractivity contribution in [2.45, 2.75) is 0 Å². The van der Waals surface area contributed by atoms with Crippen LogP contribution in [0.4, 0.5) is 8.78 Å². The Morgan fingerprint density at radius 1 is 1.50 bits per heavy atom. The minimum atomic E-state index is -1.12. The van der Waals surface area contributed by atoms with Gasteiger partial charge in [-0.1, -0.05) is 6.58 Å². The second-order valence-electron chi connectivity index (χ2n) is 2.54. The molecule has 1 aromatic carbocycles. The SMILES string of the molecule is C=CC(=O)c1cc(F)c(F)c(OC)c1. The first-order valence-electron chi connectivity index (χ1n) is 3.80. The summed E-state index contributed by atoms with van der Waals surface area (Å²) >= 11 is 0. The molecule has 0 spiro atoms. The van der Waals surface area contributed by atoms with E-state index in [2.05, 4.69) is 11.3 Å². The fourth-order valence-electron chi connectivity index (χ4n) is 0.972. The van der Waals surface area contributed by atoms with Crippen molar-refractivity contribution in [3.63, 3.8) is 0 Å². The van der Waals surface area contributed by atoms with E-state index in [1.807, 2.05) is 0 Å². The quantitative estimate of drug-likeness (QED) is 0.550. The summed E-state index contributed by atoms with van der Waals surface area (Å²) in [4.78, 5) is 11.1. The number of benzene rings is 1. The van der Waals surface area contributed by atoms with Crippen LogP contribution in [0.15, 0.2) is 24.8 Å². The molecule has 0 radical (unpaired) electrons. The topological polar surface area (TPSA) is 26.3 Å². The van der Waals surface area contributed by atoms with Gasteiger partial charge in [-0.05, 0) is 18.2 Å². The Kier molecular flexibility index (Phi) is 2.96. The van der Waals surface area contributed by atoms with Gasteiger partial charge in [0.1, 0.15) is 0 Å². The number of hydrogen-bond acceptors (Lipinski definition) is 2. The lowest BCUT2D eigenvalue weighted by Crippen LogP contribution is -1.99. The van der Waals surface area contributed by atoms with Gasteiger partial charge in [0.05, 0.1) is 7.11 Å². The molecule has 0 N–H and O–H groups in total. The fourth-order valence-corrected chi connectivity index (χ4v) is 0.972. The number of hydrogen-bond donors (Lipinski definition) is 0. The van der Waals surface area contributed by atoms with Gasteiger partial charge in [0, 0.05) is 5.56 Å². The number of rotatable bonds is 3. The molecule has 0 amide bonds.